The Hall–Kier alpha value is 0.270. The average Bonchev–Trinajstić information content (AvgIpc) is 2.29. The second kappa shape index (κ2) is 7.59. The number of rotatable bonds is 5. The van der Waals surface area contributed by atoms with Crippen molar-refractivity contribution in [1.29, 1.82) is 0 Å². The van der Waals surface area contributed by atoms with Gasteiger partial charge in [-0.15, -0.1) is 0 Å². The van der Waals surface area contributed by atoms with Crippen molar-refractivity contribution >= 4 is 47.8 Å². The molecule has 0 amide bonds. The number of allylic oxidation sites excluding steroid dienone is 1. The van der Waals surface area contributed by atoms with E-state index in [0.717, 1.165) is 0 Å². The Morgan fingerprint density at radius 2 is 1.00 bits per heavy atom. The van der Waals surface area contributed by atoms with E-state index >= 15 is 0 Å². The minimum atomic E-state index is -7.63. The highest BCUT2D eigenvalue weighted by Gasteiger charge is 2.91. The van der Waals surface area contributed by atoms with Gasteiger partial charge >= 0.3 is 30.4 Å². The molecule has 0 aromatic heterocycles. The Bertz CT molecular complexity index is 510. The summed E-state index contributed by atoms with van der Waals surface area (Å²) in [4.78, 5) is -2.32. The summed E-state index contributed by atoms with van der Waals surface area (Å²) in [6, 6.07) is 0. The van der Waals surface area contributed by atoms with Crippen molar-refractivity contribution in [3.63, 3.8) is 0 Å². The van der Waals surface area contributed by atoms with Gasteiger partial charge in [0, 0.05) is 4.83 Å². The number of halogens is 16. The molecule has 0 fully saturated rings. The summed E-state index contributed by atoms with van der Waals surface area (Å²) in [5.74, 6) is -15.2. The van der Waals surface area contributed by atoms with Crippen molar-refractivity contribution in [1.82, 2.24) is 0 Å². The molecule has 26 heavy (non-hydrogen) atoms. The molecule has 0 rings (SSSR count). The Morgan fingerprint density at radius 3 is 1.23 bits per heavy atom. The van der Waals surface area contributed by atoms with Crippen LogP contribution in [-0.4, -0.2) is 35.2 Å². The van der Waals surface area contributed by atoms with Crippen LogP contribution >= 0.6 is 47.8 Å². The Balaban J connectivity index is 6.91. The molecule has 0 N–H and O–H groups in total. The molecule has 0 radical (unpaired) electrons. The predicted octanol–water partition coefficient (Wildman–Crippen LogP) is 7.72. The molecule has 0 aliphatic carbocycles. The fourth-order valence-electron chi connectivity index (χ4n) is 1.81. The fraction of sp³-hybridized carbons (Fsp3) is 0.800. The molecular formula is C10H4Br3F13. The number of hydrogen-bond donors (Lipinski definition) is 0. The zero-order valence-electron chi connectivity index (χ0n) is 11.4. The third-order valence-electron chi connectivity index (χ3n) is 3.06. The van der Waals surface area contributed by atoms with Gasteiger partial charge in [0.25, 0.3) is 0 Å². The molecule has 1 atom stereocenters. The van der Waals surface area contributed by atoms with Crippen LogP contribution in [0.15, 0.2) is 9.47 Å². The van der Waals surface area contributed by atoms with Crippen LogP contribution in [0.4, 0.5) is 57.1 Å². The lowest BCUT2D eigenvalue weighted by Crippen LogP contribution is -2.70. The lowest BCUT2D eigenvalue weighted by molar-refractivity contribution is -0.461. The maximum absolute atomic E-state index is 13.7. The van der Waals surface area contributed by atoms with E-state index in [9.17, 15) is 57.1 Å². The van der Waals surface area contributed by atoms with Crippen LogP contribution in [0, 0.1) is 5.41 Å². The van der Waals surface area contributed by atoms with Crippen molar-refractivity contribution in [2.45, 2.75) is 41.6 Å². The first-order valence-electron chi connectivity index (χ1n) is 5.69. The average molecular weight is 611 g/mol. The van der Waals surface area contributed by atoms with Gasteiger partial charge in [-0.25, -0.2) is 0 Å². The van der Waals surface area contributed by atoms with Crippen molar-refractivity contribution in [2.75, 3.05) is 0 Å². The van der Waals surface area contributed by atoms with E-state index in [1.54, 1.807) is 0 Å². The molecule has 0 saturated carbocycles. The van der Waals surface area contributed by atoms with Crippen molar-refractivity contribution < 1.29 is 57.1 Å². The van der Waals surface area contributed by atoms with E-state index in [2.05, 4.69) is 47.8 Å². The summed E-state index contributed by atoms with van der Waals surface area (Å²) in [6.07, 6.45) is -24.4. The van der Waals surface area contributed by atoms with Crippen LogP contribution < -0.4 is 0 Å². The Labute approximate surface area is 161 Å². The van der Waals surface area contributed by atoms with Gasteiger partial charge < -0.3 is 0 Å². The van der Waals surface area contributed by atoms with Crippen molar-refractivity contribution in [2.24, 2.45) is 5.41 Å². The monoisotopic (exact) mass is 608 g/mol. The van der Waals surface area contributed by atoms with Crippen LogP contribution in [0.2, 0.25) is 0 Å². The zero-order valence-corrected chi connectivity index (χ0v) is 16.2. The van der Waals surface area contributed by atoms with Gasteiger partial charge in [0.1, 0.15) is 0 Å². The van der Waals surface area contributed by atoms with E-state index in [1.165, 1.54) is 0 Å². The third kappa shape index (κ3) is 4.46. The van der Waals surface area contributed by atoms with Crippen LogP contribution in [0.3, 0.4) is 0 Å². The standard InChI is InChI=1S/C10H4Br3F13/c11-3(1-4(12)13)2-5(8(18,19)20,9(21,22)23)6(14,15)7(16,17)10(24,25)26/h1,3H,2H2. The van der Waals surface area contributed by atoms with Crippen LogP contribution in [-0.2, 0) is 0 Å². The van der Waals surface area contributed by atoms with Gasteiger partial charge in [-0.1, -0.05) is 15.9 Å². The van der Waals surface area contributed by atoms with Crippen molar-refractivity contribution in [3.05, 3.63) is 9.47 Å². The highest BCUT2D eigenvalue weighted by Crippen LogP contribution is 2.67. The number of hydrogen-bond acceptors (Lipinski definition) is 0. The SMILES string of the molecule is FC(F)(F)C(F)(F)C(F)(F)C(CC(Br)C=C(Br)Br)(C(F)(F)F)C(F)(F)F. The van der Waals surface area contributed by atoms with Crippen LogP contribution in [0.5, 0.6) is 0 Å². The first-order valence-corrected chi connectivity index (χ1v) is 8.19. The summed E-state index contributed by atoms with van der Waals surface area (Å²) in [7, 11) is 0. The van der Waals surface area contributed by atoms with E-state index in [0.29, 0.717) is 6.08 Å². The molecule has 0 bridgehead atoms. The van der Waals surface area contributed by atoms with Crippen molar-refractivity contribution in [3.8, 4) is 0 Å². The first-order chi connectivity index (χ1) is 11.1. The van der Waals surface area contributed by atoms with Gasteiger partial charge in [0.2, 0.25) is 5.41 Å². The Kier molecular flexibility index (Phi) is 7.67. The lowest BCUT2D eigenvalue weighted by Gasteiger charge is -2.45. The normalized spacial score (nSPS) is 16.5. The van der Waals surface area contributed by atoms with Crippen LogP contribution in [0.1, 0.15) is 6.42 Å². The summed E-state index contributed by atoms with van der Waals surface area (Å²) in [6.45, 7) is 0. The molecule has 0 spiro atoms. The molecule has 0 heterocycles. The summed E-state index contributed by atoms with van der Waals surface area (Å²) in [5.41, 5.74) is -6.72. The molecule has 0 aromatic carbocycles. The molecule has 16 heteroatoms. The highest BCUT2D eigenvalue weighted by atomic mass is 79.9. The van der Waals surface area contributed by atoms with Gasteiger partial charge in [-0.2, -0.15) is 57.1 Å². The first kappa shape index (κ1) is 26.3. The summed E-state index contributed by atoms with van der Waals surface area (Å²) in [5, 5.41) is 0. The zero-order chi connectivity index (χ0) is 21.6. The third-order valence-corrected chi connectivity index (χ3v) is 4.18. The maximum atomic E-state index is 13.7. The largest absolute Gasteiger partial charge is 0.459 e. The van der Waals surface area contributed by atoms with Gasteiger partial charge in [-0.05, 0) is 44.4 Å². The predicted molar refractivity (Wildman–Crippen MR) is 73.8 cm³/mol. The topological polar surface area (TPSA) is 0 Å². The fourth-order valence-corrected chi connectivity index (χ4v) is 3.91. The lowest BCUT2D eigenvalue weighted by atomic mass is 9.72. The van der Waals surface area contributed by atoms with Crippen LogP contribution in [0.25, 0.3) is 0 Å². The minimum absolute atomic E-state index is 0.369. The maximum Gasteiger partial charge on any atom is 0.459 e. The highest BCUT2D eigenvalue weighted by molar-refractivity contribution is 9.28. The smallest absolute Gasteiger partial charge is 0.198 e. The van der Waals surface area contributed by atoms with Gasteiger partial charge in [-0.3, -0.25) is 0 Å². The molecular weight excluding hydrogens is 607 g/mol. The summed E-state index contributed by atoms with van der Waals surface area (Å²) >= 11 is 7.06. The van der Waals surface area contributed by atoms with E-state index in [4.69, 9.17) is 0 Å². The van der Waals surface area contributed by atoms with E-state index in [-0.39, 0.29) is 3.39 Å². The second-order valence-electron chi connectivity index (χ2n) is 4.72. The molecule has 0 nitrogen and oxygen atoms in total. The van der Waals surface area contributed by atoms with E-state index < -0.39 is 47.0 Å². The Morgan fingerprint density at radius 1 is 0.654 bits per heavy atom. The van der Waals surface area contributed by atoms with E-state index in [1.807, 2.05) is 0 Å². The molecule has 156 valence electrons. The second-order valence-corrected chi connectivity index (χ2v) is 8.67. The molecule has 1 unspecified atom stereocenters. The van der Waals surface area contributed by atoms with Gasteiger partial charge in [0.05, 0.1) is 3.39 Å². The molecule has 0 saturated heterocycles. The minimum Gasteiger partial charge on any atom is -0.198 e. The summed E-state index contributed by atoms with van der Waals surface area (Å²) < 4.78 is 168. The molecule has 0 aromatic rings. The quantitative estimate of drug-likeness (QED) is 0.221. The number of alkyl halides is 14. The molecule has 0 aliphatic heterocycles. The molecule has 0 aliphatic rings. The van der Waals surface area contributed by atoms with Gasteiger partial charge in [0.15, 0.2) is 0 Å².